The molecule has 4 unspecified atom stereocenters. The summed E-state index contributed by atoms with van der Waals surface area (Å²) in [6.07, 6.45) is 15.0. The molecule has 1 heteroatoms. The van der Waals surface area contributed by atoms with Crippen molar-refractivity contribution in [2.24, 2.45) is 11.8 Å². The van der Waals surface area contributed by atoms with Crippen LogP contribution < -0.4 is 5.19 Å². The van der Waals surface area contributed by atoms with Crippen LogP contribution in [0.2, 0.25) is 11.1 Å². The van der Waals surface area contributed by atoms with Gasteiger partial charge < -0.3 is 0 Å². The molecule has 0 aliphatic heterocycles. The smallest absolute Gasteiger partial charge is 0.0654 e. The molecule has 2 aliphatic rings. The Kier molecular flexibility index (Phi) is 6.39. The van der Waals surface area contributed by atoms with E-state index in [1.54, 1.807) is 30.9 Å². The van der Waals surface area contributed by atoms with E-state index in [0.29, 0.717) is 0 Å². The highest BCUT2D eigenvalue weighted by Gasteiger charge is 2.39. The van der Waals surface area contributed by atoms with Gasteiger partial charge >= 0.3 is 0 Å². The van der Waals surface area contributed by atoms with Crippen molar-refractivity contribution in [1.82, 2.24) is 0 Å². The molecule has 0 heterocycles. The molecule has 0 aromatic heterocycles. The zero-order chi connectivity index (χ0) is 16.1. The summed E-state index contributed by atoms with van der Waals surface area (Å²) in [6.45, 7) is 4.73. The number of hydrogen-bond acceptors (Lipinski definition) is 0. The monoisotopic (exact) mass is 328 g/mol. The van der Waals surface area contributed by atoms with E-state index >= 15 is 0 Å². The van der Waals surface area contributed by atoms with Crippen molar-refractivity contribution in [3.05, 3.63) is 30.3 Å². The van der Waals surface area contributed by atoms with Crippen LogP contribution in [0.4, 0.5) is 0 Å². The first-order chi connectivity index (χ1) is 11.3. The van der Waals surface area contributed by atoms with Gasteiger partial charge in [-0.3, -0.25) is 0 Å². The highest BCUT2D eigenvalue weighted by Crippen LogP contribution is 2.48. The zero-order valence-corrected chi connectivity index (χ0v) is 16.5. The van der Waals surface area contributed by atoms with Gasteiger partial charge in [-0.1, -0.05) is 101 Å². The van der Waals surface area contributed by atoms with Gasteiger partial charge in [-0.25, -0.2) is 0 Å². The third kappa shape index (κ3) is 4.29. The molecule has 1 aromatic rings. The number of rotatable bonds is 7. The Balaban J connectivity index is 1.73. The standard InChI is InChI=1S/C22H36Si/c1-3-8-18-12-14-21(16-18)23(20-10-6-5-7-11-20)22-15-13-19(17-22)9-4-2/h5-7,10-11,18-19,21-23H,3-4,8-9,12-17H2,1-2H3. The second kappa shape index (κ2) is 8.51. The molecular weight excluding hydrogens is 292 g/mol. The van der Waals surface area contributed by atoms with E-state index in [4.69, 9.17) is 0 Å². The maximum atomic E-state index is 2.48. The Morgan fingerprint density at radius 2 is 1.30 bits per heavy atom. The Morgan fingerprint density at radius 1 is 0.783 bits per heavy atom. The Bertz CT molecular complexity index is 430. The molecule has 0 nitrogen and oxygen atoms in total. The third-order valence-electron chi connectivity index (χ3n) is 6.76. The molecule has 0 N–H and O–H groups in total. The molecule has 23 heavy (non-hydrogen) atoms. The topological polar surface area (TPSA) is 0 Å². The van der Waals surface area contributed by atoms with Crippen molar-refractivity contribution in [3.8, 4) is 0 Å². The SMILES string of the molecule is CCCC1CCC([SiH](c2ccccc2)C2CCC(CCC)C2)C1. The fourth-order valence-electron chi connectivity index (χ4n) is 5.82. The van der Waals surface area contributed by atoms with Crippen molar-refractivity contribution in [1.29, 1.82) is 0 Å². The minimum atomic E-state index is -0.824. The first-order valence-corrected chi connectivity index (χ1v) is 12.3. The summed E-state index contributed by atoms with van der Waals surface area (Å²) in [7, 11) is -0.824. The summed E-state index contributed by atoms with van der Waals surface area (Å²) in [4.78, 5) is 0. The summed E-state index contributed by atoms with van der Waals surface area (Å²) in [6, 6.07) is 11.8. The molecule has 0 amide bonds. The maximum absolute atomic E-state index is 2.48. The number of benzene rings is 1. The van der Waals surface area contributed by atoms with Gasteiger partial charge in [0.1, 0.15) is 0 Å². The third-order valence-corrected chi connectivity index (χ3v) is 11.2. The minimum absolute atomic E-state index is 0.824. The van der Waals surface area contributed by atoms with E-state index in [-0.39, 0.29) is 0 Å². The summed E-state index contributed by atoms with van der Waals surface area (Å²) < 4.78 is 0. The van der Waals surface area contributed by atoms with Crippen LogP contribution in [0.25, 0.3) is 0 Å². The lowest BCUT2D eigenvalue weighted by atomic mass is 10.0. The van der Waals surface area contributed by atoms with Gasteiger partial charge in [0.2, 0.25) is 0 Å². The van der Waals surface area contributed by atoms with Gasteiger partial charge in [-0.05, 0) is 35.8 Å². The first-order valence-electron chi connectivity index (χ1n) is 10.4. The first kappa shape index (κ1) is 17.3. The van der Waals surface area contributed by atoms with E-state index < -0.39 is 8.80 Å². The molecule has 0 spiro atoms. The molecule has 3 rings (SSSR count). The minimum Gasteiger partial charge on any atom is -0.0654 e. The van der Waals surface area contributed by atoms with E-state index in [9.17, 15) is 0 Å². The van der Waals surface area contributed by atoms with Crippen LogP contribution in [-0.4, -0.2) is 8.80 Å². The summed E-state index contributed by atoms with van der Waals surface area (Å²) in [5.41, 5.74) is 2.19. The molecule has 0 radical (unpaired) electrons. The van der Waals surface area contributed by atoms with Crippen LogP contribution in [0, 0.1) is 11.8 Å². The van der Waals surface area contributed by atoms with E-state index in [0.717, 1.165) is 22.9 Å². The maximum Gasteiger partial charge on any atom is 0.0769 e. The van der Waals surface area contributed by atoms with Crippen molar-refractivity contribution in [3.63, 3.8) is 0 Å². The molecule has 2 fully saturated rings. The molecule has 128 valence electrons. The van der Waals surface area contributed by atoms with Crippen molar-refractivity contribution in [2.75, 3.05) is 0 Å². The zero-order valence-electron chi connectivity index (χ0n) is 15.3. The van der Waals surface area contributed by atoms with Gasteiger partial charge in [-0.2, -0.15) is 0 Å². The Morgan fingerprint density at radius 3 is 1.78 bits per heavy atom. The molecule has 4 atom stereocenters. The van der Waals surface area contributed by atoms with Crippen LogP contribution >= 0.6 is 0 Å². The summed E-state index contributed by atoms with van der Waals surface area (Å²) in [5, 5.41) is 1.79. The lowest BCUT2D eigenvalue weighted by Crippen LogP contribution is -2.38. The average molecular weight is 329 g/mol. The van der Waals surface area contributed by atoms with Gasteiger partial charge in [-0.15, -0.1) is 0 Å². The van der Waals surface area contributed by atoms with Gasteiger partial charge in [0.15, 0.2) is 0 Å². The van der Waals surface area contributed by atoms with Crippen molar-refractivity contribution >= 4 is 14.0 Å². The van der Waals surface area contributed by atoms with Crippen molar-refractivity contribution in [2.45, 2.75) is 89.1 Å². The highest BCUT2D eigenvalue weighted by atomic mass is 28.3. The molecule has 2 aliphatic carbocycles. The second-order valence-electron chi connectivity index (χ2n) is 8.39. The average Bonchev–Trinajstić information content (AvgIpc) is 3.20. The highest BCUT2D eigenvalue weighted by molar-refractivity contribution is 6.76. The fraction of sp³-hybridized carbons (Fsp3) is 0.727. The predicted molar refractivity (Wildman–Crippen MR) is 105 cm³/mol. The quantitative estimate of drug-likeness (QED) is 0.533. The van der Waals surface area contributed by atoms with Crippen LogP contribution in [-0.2, 0) is 0 Å². The normalized spacial score (nSPS) is 32.3. The lowest BCUT2D eigenvalue weighted by molar-refractivity contribution is 0.492. The second-order valence-corrected chi connectivity index (χ2v) is 12.0. The van der Waals surface area contributed by atoms with Crippen LogP contribution in [0.1, 0.15) is 78.1 Å². The molecule has 0 saturated heterocycles. The van der Waals surface area contributed by atoms with Gasteiger partial charge in [0, 0.05) is 0 Å². The lowest BCUT2D eigenvalue weighted by Gasteiger charge is -2.29. The molecule has 2 saturated carbocycles. The van der Waals surface area contributed by atoms with E-state index in [1.165, 1.54) is 38.5 Å². The summed E-state index contributed by atoms with van der Waals surface area (Å²) in [5.74, 6) is 2.10. The van der Waals surface area contributed by atoms with Crippen LogP contribution in [0.15, 0.2) is 30.3 Å². The van der Waals surface area contributed by atoms with E-state index in [1.807, 2.05) is 0 Å². The van der Waals surface area contributed by atoms with Gasteiger partial charge in [0.05, 0.1) is 8.80 Å². The molecule has 1 aromatic carbocycles. The molecule has 0 bridgehead atoms. The Labute approximate surface area is 145 Å². The van der Waals surface area contributed by atoms with Crippen LogP contribution in [0.3, 0.4) is 0 Å². The largest absolute Gasteiger partial charge is 0.0769 e. The summed E-state index contributed by atoms with van der Waals surface area (Å²) >= 11 is 0. The van der Waals surface area contributed by atoms with E-state index in [2.05, 4.69) is 44.2 Å². The predicted octanol–water partition coefficient (Wildman–Crippen LogP) is 6.06. The van der Waals surface area contributed by atoms with Crippen LogP contribution in [0.5, 0.6) is 0 Å². The Hall–Kier alpha value is -0.563. The number of hydrogen-bond donors (Lipinski definition) is 0. The van der Waals surface area contributed by atoms with Gasteiger partial charge in [0.25, 0.3) is 0 Å². The molecular formula is C22H36Si. The fourth-order valence-corrected chi connectivity index (χ4v) is 10.8. The van der Waals surface area contributed by atoms with Crippen molar-refractivity contribution < 1.29 is 0 Å².